The van der Waals surface area contributed by atoms with E-state index in [1.54, 1.807) is 38.2 Å². The summed E-state index contributed by atoms with van der Waals surface area (Å²) in [5, 5.41) is 43.1. The number of nitro groups is 1. The second kappa shape index (κ2) is 7.58. The maximum Gasteiger partial charge on any atom is 0.269 e. The summed E-state index contributed by atoms with van der Waals surface area (Å²) in [7, 11) is 0. The molecule has 0 unspecified atom stereocenters. The summed E-state index contributed by atoms with van der Waals surface area (Å²) in [4.78, 5) is 14.1. The molecule has 9 heteroatoms. The molecule has 146 valence electrons. The molecule has 1 aliphatic heterocycles. The van der Waals surface area contributed by atoms with Crippen LogP contribution in [0.1, 0.15) is 36.6 Å². The van der Waals surface area contributed by atoms with Crippen molar-refractivity contribution in [1.29, 1.82) is 10.5 Å². The highest BCUT2D eigenvalue weighted by molar-refractivity contribution is 5.99. The molecule has 0 bridgehead atoms. The van der Waals surface area contributed by atoms with E-state index >= 15 is 0 Å². The minimum atomic E-state index is -1.04. The van der Waals surface area contributed by atoms with Gasteiger partial charge in [0.15, 0.2) is 0 Å². The fraction of sp³-hybridized carbons (Fsp3) is 0.250. The molecule has 0 aliphatic carbocycles. The van der Waals surface area contributed by atoms with Crippen molar-refractivity contribution in [3.63, 3.8) is 0 Å². The molecule has 0 spiro atoms. The first-order chi connectivity index (χ1) is 13.8. The van der Waals surface area contributed by atoms with E-state index in [1.807, 2.05) is 6.07 Å². The predicted molar refractivity (Wildman–Crippen MR) is 103 cm³/mol. The average molecular weight is 391 g/mol. The fourth-order valence-corrected chi connectivity index (χ4v) is 3.14. The zero-order chi connectivity index (χ0) is 21.2. The SMILES string of the molecule is CC1(C)Oc2ccc(C#N)cc2[C@@H](NC(=NC#N)c2ccc([N+](=O)[O-])cc2)[C@@H]1O. The summed E-state index contributed by atoms with van der Waals surface area (Å²) < 4.78 is 5.87. The number of nitriles is 2. The van der Waals surface area contributed by atoms with E-state index in [0.717, 1.165) is 0 Å². The molecule has 2 aromatic carbocycles. The third-order valence-electron chi connectivity index (χ3n) is 4.68. The number of nitrogens with zero attached hydrogens (tertiary/aromatic N) is 4. The molecule has 2 aromatic rings. The van der Waals surface area contributed by atoms with Crippen LogP contribution in [-0.2, 0) is 0 Å². The van der Waals surface area contributed by atoms with Crippen LogP contribution in [0.15, 0.2) is 47.5 Å². The first kappa shape index (κ1) is 19.8. The van der Waals surface area contributed by atoms with Crippen LogP contribution in [0.3, 0.4) is 0 Å². The number of hydrogen-bond acceptors (Lipinski definition) is 7. The van der Waals surface area contributed by atoms with Crippen LogP contribution in [0.4, 0.5) is 5.69 Å². The quantitative estimate of drug-likeness (QED) is 0.269. The molecule has 0 aromatic heterocycles. The van der Waals surface area contributed by atoms with Gasteiger partial charge in [-0.2, -0.15) is 15.5 Å². The van der Waals surface area contributed by atoms with Gasteiger partial charge in [0.05, 0.1) is 22.6 Å². The standard InChI is InChI=1S/C20H17N5O4/c1-20(2)18(26)17(15-9-12(10-21)3-8-16(15)29-20)24-19(23-11-22)13-4-6-14(7-5-13)25(27)28/h3-9,17-18,26H,1-2H3,(H,23,24)/t17-,18+/m1/s1. The molecule has 0 saturated carbocycles. The summed E-state index contributed by atoms with van der Waals surface area (Å²) in [6, 6.07) is 11.7. The van der Waals surface area contributed by atoms with E-state index in [0.29, 0.717) is 22.4 Å². The largest absolute Gasteiger partial charge is 0.485 e. The van der Waals surface area contributed by atoms with Crippen molar-refractivity contribution in [1.82, 2.24) is 5.32 Å². The van der Waals surface area contributed by atoms with Gasteiger partial charge in [-0.25, -0.2) is 0 Å². The second-order valence-electron chi connectivity index (χ2n) is 7.00. The van der Waals surface area contributed by atoms with Crippen molar-refractivity contribution in [2.75, 3.05) is 0 Å². The summed E-state index contributed by atoms with van der Waals surface area (Å²) in [5.41, 5.74) is 0.322. The van der Waals surface area contributed by atoms with Crippen LogP contribution in [0.2, 0.25) is 0 Å². The molecule has 0 saturated heterocycles. The molecule has 0 radical (unpaired) electrons. The minimum Gasteiger partial charge on any atom is -0.485 e. The molecular formula is C20H17N5O4. The van der Waals surface area contributed by atoms with Crippen molar-refractivity contribution in [2.24, 2.45) is 4.99 Å². The van der Waals surface area contributed by atoms with Crippen molar-refractivity contribution in [3.05, 3.63) is 69.3 Å². The molecule has 1 heterocycles. The molecule has 29 heavy (non-hydrogen) atoms. The molecule has 3 rings (SSSR count). The van der Waals surface area contributed by atoms with E-state index < -0.39 is 22.7 Å². The van der Waals surface area contributed by atoms with Crippen LogP contribution in [0, 0.1) is 32.9 Å². The summed E-state index contributed by atoms with van der Waals surface area (Å²) in [5.74, 6) is 0.634. The molecule has 2 N–H and O–H groups in total. The third kappa shape index (κ3) is 3.86. The maximum atomic E-state index is 10.9. The number of fused-ring (bicyclic) bond motifs is 1. The van der Waals surface area contributed by atoms with Gasteiger partial charge in [0.1, 0.15) is 23.3 Å². The van der Waals surface area contributed by atoms with E-state index in [1.165, 1.54) is 24.3 Å². The maximum absolute atomic E-state index is 10.9. The Balaban J connectivity index is 2.03. The van der Waals surface area contributed by atoms with Crippen LogP contribution < -0.4 is 10.1 Å². The van der Waals surface area contributed by atoms with Crippen molar-refractivity contribution in [3.8, 4) is 18.0 Å². The summed E-state index contributed by atoms with van der Waals surface area (Å²) >= 11 is 0. The Morgan fingerprint density at radius 3 is 2.55 bits per heavy atom. The Hall–Kier alpha value is -3.95. The lowest BCUT2D eigenvalue weighted by Gasteiger charge is -2.42. The van der Waals surface area contributed by atoms with Gasteiger partial charge in [0.25, 0.3) is 5.69 Å². The van der Waals surface area contributed by atoms with Crippen molar-refractivity contribution in [2.45, 2.75) is 31.6 Å². The number of aliphatic imine (C=N–C) groups is 1. The first-order valence-electron chi connectivity index (χ1n) is 8.66. The van der Waals surface area contributed by atoms with E-state index in [9.17, 15) is 20.5 Å². The molecule has 0 fully saturated rings. The lowest BCUT2D eigenvalue weighted by molar-refractivity contribution is -0.384. The summed E-state index contributed by atoms with van der Waals surface area (Å²) in [6.07, 6.45) is 0.665. The van der Waals surface area contributed by atoms with Gasteiger partial charge >= 0.3 is 0 Å². The van der Waals surface area contributed by atoms with E-state index in [-0.39, 0.29) is 11.5 Å². The van der Waals surface area contributed by atoms with Gasteiger partial charge in [0, 0.05) is 23.3 Å². The molecular weight excluding hydrogens is 374 g/mol. The molecule has 2 atom stereocenters. The summed E-state index contributed by atoms with van der Waals surface area (Å²) in [6.45, 7) is 3.45. The Morgan fingerprint density at radius 1 is 1.28 bits per heavy atom. The fourth-order valence-electron chi connectivity index (χ4n) is 3.14. The zero-order valence-electron chi connectivity index (χ0n) is 15.7. The van der Waals surface area contributed by atoms with Crippen LogP contribution in [-0.4, -0.2) is 27.6 Å². The highest BCUT2D eigenvalue weighted by Gasteiger charge is 2.43. The van der Waals surface area contributed by atoms with Crippen LogP contribution in [0.5, 0.6) is 5.75 Å². The highest BCUT2D eigenvalue weighted by Crippen LogP contribution is 2.40. The Bertz CT molecular complexity index is 1060. The topological polar surface area (TPSA) is 145 Å². The lowest BCUT2D eigenvalue weighted by Crippen LogP contribution is -2.53. The number of non-ortho nitro benzene ring substituents is 1. The number of aliphatic hydroxyl groups excluding tert-OH is 1. The monoisotopic (exact) mass is 391 g/mol. The second-order valence-corrected chi connectivity index (χ2v) is 7.00. The molecule has 9 nitrogen and oxygen atoms in total. The number of aliphatic hydroxyl groups is 1. The number of nitrogens with one attached hydrogen (secondary N) is 1. The zero-order valence-corrected chi connectivity index (χ0v) is 15.7. The number of amidine groups is 1. The Morgan fingerprint density at radius 2 is 1.97 bits per heavy atom. The van der Waals surface area contributed by atoms with Gasteiger partial charge in [-0.05, 0) is 44.2 Å². The van der Waals surface area contributed by atoms with Gasteiger partial charge in [-0.3, -0.25) is 10.1 Å². The van der Waals surface area contributed by atoms with Gasteiger partial charge in [-0.15, -0.1) is 0 Å². The van der Waals surface area contributed by atoms with Crippen LogP contribution in [0.25, 0.3) is 0 Å². The lowest BCUT2D eigenvalue weighted by atomic mass is 9.85. The Labute approximate surface area is 166 Å². The number of ether oxygens (including phenoxy) is 1. The number of benzene rings is 2. The number of rotatable bonds is 3. The first-order valence-corrected chi connectivity index (χ1v) is 8.66. The minimum absolute atomic E-state index is 0.0960. The van der Waals surface area contributed by atoms with Gasteiger partial charge in [0.2, 0.25) is 6.19 Å². The van der Waals surface area contributed by atoms with E-state index in [2.05, 4.69) is 10.3 Å². The van der Waals surface area contributed by atoms with Crippen LogP contribution >= 0.6 is 0 Å². The van der Waals surface area contributed by atoms with Gasteiger partial charge < -0.3 is 15.2 Å². The predicted octanol–water partition coefficient (Wildman–Crippen LogP) is 2.56. The van der Waals surface area contributed by atoms with E-state index in [4.69, 9.17) is 10.00 Å². The molecule has 1 aliphatic rings. The van der Waals surface area contributed by atoms with Crippen molar-refractivity contribution < 1.29 is 14.8 Å². The normalized spacial score (nSPS) is 19.8. The number of nitro benzene ring substituents is 1. The van der Waals surface area contributed by atoms with Crippen molar-refractivity contribution >= 4 is 11.5 Å². The smallest absolute Gasteiger partial charge is 0.269 e. The third-order valence-corrected chi connectivity index (χ3v) is 4.68. The molecule has 0 amide bonds. The average Bonchev–Trinajstić information content (AvgIpc) is 2.70. The van der Waals surface area contributed by atoms with Gasteiger partial charge in [-0.1, -0.05) is 0 Å². The number of hydrogen-bond donors (Lipinski definition) is 2. The highest BCUT2D eigenvalue weighted by atomic mass is 16.6. The Kier molecular flexibility index (Phi) is 5.18.